The molecule has 0 aliphatic carbocycles. The highest BCUT2D eigenvalue weighted by molar-refractivity contribution is 5.94. The molecule has 1 saturated heterocycles. The molecule has 1 aromatic carbocycles. The smallest absolute Gasteiger partial charge is 0.256 e. The number of nitrogens with zero attached hydrogens (tertiary/aromatic N) is 5. The fourth-order valence-electron chi connectivity index (χ4n) is 3.36. The molecule has 6 heteroatoms. The van der Waals surface area contributed by atoms with Crippen LogP contribution in [0.2, 0.25) is 0 Å². The minimum atomic E-state index is -0.0795. The zero-order valence-electron chi connectivity index (χ0n) is 13.8. The Balaban J connectivity index is 1.69. The molecule has 126 valence electrons. The van der Waals surface area contributed by atoms with Crippen molar-refractivity contribution in [3.8, 4) is 5.69 Å². The van der Waals surface area contributed by atoms with E-state index in [1.807, 2.05) is 45.9 Å². The van der Waals surface area contributed by atoms with Gasteiger partial charge in [0.25, 0.3) is 5.91 Å². The van der Waals surface area contributed by atoms with Crippen LogP contribution in [0.5, 0.6) is 0 Å². The van der Waals surface area contributed by atoms with Crippen LogP contribution in [0, 0.1) is 0 Å². The van der Waals surface area contributed by atoms with Gasteiger partial charge in [-0.2, -0.15) is 0 Å². The number of hydrogen-bond donors (Lipinski definition) is 0. The number of amides is 1. The number of carbonyl (C=O) groups excluding carboxylic acids is 1. The maximum absolute atomic E-state index is 13.0. The molecule has 0 bridgehead atoms. The van der Waals surface area contributed by atoms with Crippen molar-refractivity contribution in [3.05, 3.63) is 72.6 Å². The Kier molecular flexibility index (Phi) is 4.24. The van der Waals surface area contributed by atoms with Crippen LogP contribution in [0.3, 0.4) is 0 Å². The third-order valence-corrected chi connectivity index (χ3v) is 4.58. The number of carbonyl (C=O) groups is 1. The largest absolute Gasteiger partial charge is 0.328 e. The average molecular weight is 333 g/mol. The first kappa shape index (κ1) is 15.5. The molecule has 3 aromatic rings. The van der Waals surface area contributed by atoms with Gasteiger partial charge in [0.2, 0.25) is 0 Å². The summed E-state index contributed by atoms with van der Waals surface area (Å²) in [6.45, 7) is 0.722. The summed E-state index contributed by atoms with van der Waals surface area (Å²) in [7, 11) is 0. The fourth-order valence-corrected chi connectivity index (χ4v) is 3.36. The van der Waals surface area contributed by atoms with Crippen molar-refractivity contribution < 1.29 is 4.79 Å². The molecular weight excluding hydrogens is 314 g/mol. The van der Waals surface area contributed by atoms with E-state index in [9.17, 15) is 4.79 Å². The lowest BCUT2D eigenvalue weighted by Gasteiger charge is -2.35. The molecule has 1 fully saturated rings. The van der Waals surface area contributed by atoms with Crippen LogP contribution in [-0.4, -0.2) is 37.1 Å². The number of pyridine rings is 1. The van der Waals surface area contributed by atoms with Crippen molar-refractivity contribution in [1.82, 2.24) is 24.6 Å². The minimum absolute atomic E-state index is 0.000381. The van der Waals surface area contributed by atoms with Crippen LogP contribution in [0.1, 0.15) is 41.5 Å². The second-order valence-electron chi connectivity index (χ2n) is 6.15. The maximum Gasteiger partial charge on any atom is 0.256 e. The monoisotopic (exact) mass is 333 g/mol. The van der Waals surface area contributed by atoms with Crippen LogP contribution < -0.4 is 0 Å². The van der Waals surface area contributed by atoms with E-state index >= 15 is 0 Å². The molecule has 1 aliphatic heterocycles. The van der Waals surface area contributed by atoms with Crippen molar-refractivity contribution >= 4 is 5.91 Å². The van der Waals surface area contributed by atoms with Crippen molar-refractivity contribution in [3.63, 3.8) is 0 Å². The van der Waals surface area contributed by atoms with Gasteiger partial charge in [-0.25, -0.2) is 0 Å². The van der Waals surface area contributed by atoms with E-state index in [1.54, 1.807) is 24.8 Å². The molecule has 0 N–H and O–H groups in total. The first-order valence-electron chi connectivity index (χ1n) is 8.51. The lowest BCUT2D eigenvalue weighted by atomic mass is 10.00. The van der Waals surface area contributed by atoms with Crippen LogP contribution in [0.15, 0.2) is 61.2 Å². The van der Waals surface area contributed by atoms with Crippen LogP contribution in [-0.2, 0) is 0 Å². The van der Waals surface area contributed by atoms with Gasteiger partial charge in [-0.3, -0.25) is 14.3 Å². The van der Waals surface area contributed by atoms with Gasteiger partial charge >= 0.3 is 0 Å². The topological polar surface area (TPSA) is 63.9 Å². The second kappa shape index (κ2) is 6.84. The highest BCUT2D eigenvalue weighted by atomic mass is 16.2. The lowest BCUT2D eigenvalue weighted by Crippen LogP contribution is -2.39. The molecule has 25 heavy (non-hydrogen) atoms. The molecule has 1 amide bonds. The van der Waals surface area contributed by atoms with Gasteiger partial charge in [0.05, 0.1) is 11.6 Å². The molecule has 1 atom stereocenters. The van der Waals surface area contributed by atoms with Crippen LogP contribution >= 0.6 is 0 Å². The van der Waals surface area contributed by atoms with E-state index in [1.165, 1.54) is 0 Å². The summed E-state index contributed by atoms with van der Waals surface area (Å²) in [5, 5.41) is 8.45. The standard InChI is InChI=1S/C19H19N5O/c25-19(15-7-6-11-20-13-15)23-12-5-4-10-17(23)18-22-21-14-24(18)16-8-2-1-3-9-16/h1-3,6-9,11,13-14,17H,4-5,10,12H2/t17-/m0/s1. The molecule has 0 radical (unpaired) electrons. The first-order chi connectivity index (χ1) is 12.3. The Morgan fingerprint density at radius 2 is 1.96 bits per heavy atom. The van der Waals surface area contributed by atoms with Gasteiger partial charge in [-0.1, -0.05) is 18.2 Å². The summed E-state index contributed by atoms with van der Waals surface area (Å²) < 4.78 is 1.97. The summed E-state index contributed by atoms with van der Waals surface area (Å²) in [4.78, 5) is 19.0. The fraction of sp³-hybridized carbons (Fsp3) is 0.263. The molecule has 0 saturated carbocycles. The average Bonchev–Trinajstić information content (AvgIpc) is 3.18. The predicted octanol–water partition coefficient (Wildman–Crippen LogP) is 3.03. The summed E-state index contributed by atoms with van der Waals surface area (Å²) in [6, 6.07) is 13.5. The number of para-hydroxylation sites is 1. The van der Waals surface area contributed by atoms with Crippen molar-refractivity contribution in [1.29, 1.82) is 0 Å². The quantitative estimate of drug-likeness (QED) is 0.739. The zero-order valence-corrected chi connectivity index (χ0v) is 13.8. The normalized spacial score (nSPS) is 17.4. The van der Waals surface area contributed by atoms with Gasteiger partial charge in [0.15, 0.2) is 5.82 Å². The van der Waals surface area contributed by atoms with E-state index in [2.05, 4.69) is 15.2 Å². The number of aromatic nitrogens is 4. The number of hydrogen-bond acceptors (Lipinski definition) is 4. The van der Waals surface area contributed by atoms with E-state index in [0.29, 0.717) is 5.56 Å². The Bertz CT molecular complexity index is 847. The Hall–Kier alpha value is -3.02. The SMILES string of the molecule is O=C(c1cccnc1)N1CCCC[C@H]1c1nncn1-c1ccccc1. The number of likely N-dealkylation sites (tertiary alicyclic amines) is 1. The molecule has 2 aromatic heterocycles. The predicted molar refractivity (Wildman–Crippen MR) is 93.2 cm³/mol. The van der Waals surface area contributed by atoms with Crippen molar-refractivity contribution in [2.75, 3.05) is 6.54 Å². The van der Waals surface area contributed by atoms with Crippen molar-refractivity contribution in [2.24, 2.45) is 0 Å². The third kappa shape index (κ3) is 3.03. The Labute approximate surface area is 146 Å². The van der Waals surface area contributed by atoms with Gasteiger partial charge < -0.3 is 4.90 Å². The van der Waals surface area contributed by atoms with Gasteiger partial charge in [-0.15, -0.1) is 10.2 Å². The van der Waals surface area contributed by atoms with Crippen molar-refractivity contribution in [2.45, 2.75) is 25.3 Å². The van der Waals surface area contributed by atoms with E-state index in [0.717, 1.165) is 37.3 Å². The maximum atomic E-state index is 13.0. The Morgan fingerprint density at radius 1 is 1.08 bits per heavy atom. The minimum Gasteiger partial charge on any atom is -0.328 e. The van der Waals surface area contributed by atoms with Gasteiger partial charge in [-0.05, 0) is 43.5 Å². The van der Waals surface area contributed by atoms with E-state index in [-0.39, 0.29) is 11.9 Å². The highest BCUT2D eigenvalue weighted by Crippen LogP contribution is 2.32. The molecule has 0 spiro atoms. The third-order valence-electron chi connectivity index (χ3n) is 4.58. The zero-order chi connectivity index (χ0) is 17.1. The summed E-state index contributed by atoms with van der Waals surface area (Å²) in [5.41, 5.74) is 1.61. The molecule has 0 unspecified atom stereocenters. The van der Waals surface area contributed by atoms with E-state index in [4.69, 9.17) is 0 Å². The second-order valence-corrected chi connectivity index (χ2v) is 6.15. The van der Waals surface area contributed by atoms with E-state index < -0.39 is 0 Å². The lowest BCUT2D eigenvalue weighted by molar-refractivity contribution is 0.0597. The highest BCUT2D eigenvalue weighted by Gasteiger charge is 2.32. The van der Waals surface area contributed by atoms with Crippen LogP contribution in [0.4, 0.5) is 0 Å². The molecular formula is C19H19N5O. The summed E-state index contributed by atoms with van der Waals surface area (Å²) >= 11 is 0. The van der Waals surface area contributed by atoms with Crippen LogP contribution in [0.25, 0.3) is 5.69 Å². The van der Waals surface area contributed by atoms with Gasteiger partial charge in [0, 0.05) is 24.6 Å². The number of piperidine rings is 1. The summed E-state index contributed by atoms with van der Waals surface area (Å²) in [6.07, 6.45) is 7.97. The molecule has 4 rings (SSSR count). The number of rotatable bonds is 3. The number of benzene rings is 1. The first-order valence-corrected chi connectivity index (χ1v) is 8.51. The Morgan fingerprint density at radius 3 is 2.76 bits per heavy atom. The van der Waals surface area contributed by atoms with Gasteiger partial charge in [0.1, 0.15) is 6.33 Å². The molecule has 6 nitrogen and oxygen atoms in total. The summed E-state index contributed by atoms with van der Waals surface area (Å²) in [5.74, 6) is 0.809. The molecule has 3 heterocycles. The molecule has 1 aliphatic rings.